The molecule has 0 amide bonds. The lowest BCUT2D eigenvalue weighted by Crippen LogP contribution is -2.18. The van der Waals surface area contributed by atoms with Crippen LogP contribution in [0, 0.1) is 0 Å². The minimum absolute atomic E-state index is 0.242. The number of nitrogens with one attached hydrogen (secondary N) is 1. The Kier molecular flexibility index (Phi) is 5.12. The normalized spacial score (nSPS) is 12.5. The van der Waals surface area contributed by atoms with E-state index in [0.717, 1.165) is 26.1 Å². The third-order valence-electron chi connectivity index (χ3n) is 2.94. The number of nitrogens with zero attached hydrogens (tertiary/aromatic N) is 2. The van der Waals surface area contributed by atoms with E-state index in [1.54, 1.807) is 6.92 Å². The van der Waals surface area contributed by atoms with Gasteiger partial charge in [-0.15, -0.1) is 0 Å². The Labute approximate surface area is 114 Å². The van der Waals surface area contributed by atoms with Gasteiger partial charge in [-0.2, -0.15) is 5.10 Å². The molecule has 19 heavy (non-hydrogen) atoms. The molecule has 102 valence electrons. The monoisotopic (exact) mass is 259 g/mol. The molecule has 0 aliphatic heterocycles. The summed E-state index contributed by atoms with van der Waals surface area (Å²) in [7, 11) is 0. The van der Waals surface area contributed by atoms with E-state index in [-0.39, 0.29) is 6.10 Å². The topological polar surface area (TPSA) is 50.1 Å². The molecule has 4 nitrogen and oxygen atoms in total. The van der Waals surface area contributed by atoms with Crippen molar-refractivity contribution < 1.29 is 5.11 Å². The van der Waals surface area contributed by atoms with E-state index in [1.807, 2.05) is 29.1 Å². The van der Waals surface area contributed by atoms with E-state index < -0.39 is 0 Å². The van der Waals surface area contributed by atoms with E-state index in [9.17, 15) is 0 Å². The molecule has 1 unspecified atom stereocenters. The van der Waals surface area contributed by atoms with Crippen molar-refractivity contribution >= 4 is 0 Å². The van der Waals surface area contributed by atoms with E-state index in [0.29, 0.717) is 0 Å². The lowest BCUT2D eigenvalue weighted by molar-refractivity contribution is 0.183. The first-order valence-electron chi connectivity index (χ1n) is 6.68. The molecule has 1 aromatic carbocycles. The van der Waals surface area contributed by atoms with E-state index in [1.165, 1.54) is 11.1 Å². The van der Waals surface area contributed by atoms with Crippen molar-refractivity contribution in [1.29, 1.82) is 0 Å². The molecular formula is C15H21N3O. The first kappa shape index (κ1) is 13.8. The molecule has 1 heterocycles. The Hall–Kier alpha value is -1.65. The molecule has 0 bridgehead atoms. The number of benzene rings is 1. The summed E-state index contributed by atoms with van der Waals surface area (Å²) in [6, 6.07) is 10.3. The van der Waals surface area contributed by atoms with E-state index in [2.05, 4.69) is 28.7 Å². The fourth-order valence-corrected chi connectivity index (χ4v) is 1.90. The van der Waals surface area contributed by atoms with Crippen LogP contribution in [0.1, 0.15) is 24.5 Å². The lowest BCUT2D eigenvalue weighted by Gasteiger charge is -2.04. The smallest absolute Gasteiger partial charge is 0.0659 e. The highest BCUT2D eigenvalue weighted by atomic mass is 16.3. The average molecular weight is 259 g/mol. The third kappa shape index (κ3) is 4.85. The highest BCUT2D eigenvalue weighted by Gasteiger charge is 2.00. The van der Waals surface area contributed by atoms with Gasteiger partial charge in [0.25, 0.3) is 0 Å². The minimum atomic E-state index is -0.242. The van der Waals surface area contributed by atoms with Crippen LogP contribution in [-0.2, 0) is 13.1 Å². The first-order valence-corrected chi connectivity index (χ1v) is 6.68. The maximum Gasteiger partial charge on any atom is 0.0659 e. The molecular weight excluding hydrogens is 238 g/mol. The van der Waals surface area contributed by atoms with Crippen molar-refractivity contribution in [2.75, 3.05) is 6.54 Å². The molecule has 0 radical (unpaired) electrons. The standard InChI is InChI=1S/C15H21N3O/c1-13(19)7-8-16-9-15-10-17-18(12-15)11-14-5-3-2-4-6-14/h2-6,10,12-13,16,19H,7-9,11H2,1H3. The van der Waals surface area contributed by atoms with Gasteiger partial charge in [0.15, 0.2) is 0 Å². The molecule has 2 N–H and O–H groups in total. The van der Waals surface area contributed by atoms with Crippen LogP contribution >= 0.6 is 0 Å². The zero-order valence-corrected chi connectivity index (χ0v) is 11.3. The van der Waals surface area contributed by atoms with Crippen molar-refractivity contribution in [2.45, 2.75) is 32.5 Å². The van der Waals surface area contributed by atoms with E-state index >= 15 is 0 Å². The van der Waals surface area contributed by atoms with Gasteiger partial charge < -0.3 is 10.4 Å². The molecule has 4 heteroatoms. The quantitative estimate of drug-likeness (QED) is 0.745. The summed E-state index contributed by atoms with van der Waals surface area (Å²) >= 11 is 0. The Balaban J connectivity index is 1.79. The summed E-state index contributed by atoms with van der Waals surface area (Å²) in [5, 5.41) is 16.8. The lowest BCUT2D eigenvalue weighted by atomic mass is 10.2. The third-order valence-corrected chi connectivity index (χ3v) is 2.94. The molecule has 1 aromatic heterocycles. The van der Waals surface area contributed by atoms with Gasteiger partial charge in [-0.25, -0.2) is 0 Å². The first-order chi connectivity index (χ1) is 9.24. The zero-order valence-electron chi connectivity index (χ0n) is 11.3. The molecule has 0 fully saturated rings. The van der Waals surface area contributed by atoms with Crippen LogP contribution in [0.2, 0.25) is 0 Å². The van der Waals surface area contributed by atoms with Crippen molar-refractivity contribution in [2.24, 2.45) is 0 Å². The number of hydrogen-bond acceptors (Lipinski definition) is 3. The van der Waals surface area contributed by atoms with Gasteiger partial charge in [0.2, 0.25) is 0 Å². The molecule has 0 saturated carbocycles. The number of rotatable bonds is 7. The van der Waals surface area contributed by atoms with Crippen LogP contribution in [0.5, 0.6) is 0 Å². The molecule has 0 saturated heterocycles. The Bertz CT molecular complexity index is 479. The summed E-state index contributed by atoms with van der Waals surface area (Å²) in [4.78, 5) is 0. The van der Waals surface area contributed by atoms with Crippen LogP contribution in [-0.4, -0.2) is 27.5 Å². The molecule has 1 atom stereocenters. The largest absolute Gasteiger partial charge is 0.393 e. The average Bonchev–Trinajstić information content (AvgIpc) is 2.83. The molecule has 2 aromatic rings. The summed E-state index contributed by atoms with van der Waals surface area (Å²) in [5.41, 5.74) is 2.42. The van der Waals surface area contributed by atoms with Gasteiger partial charge in [-0.1, -0.05) is 30.3 Å². The van der Waals surface area contributed by atoms with Gasteiger partial charge in [-0.3, -0.25) is 4.68 Å². The van der Waals surface area contributed by atoms with Crippen molar-refractivity contribution in [3.05, 3.63) is 53.9 Å². The summed E-state index contributed by atoms with van der Waals surface area (Å²) in [5.74, 6) is 0. The number of aliphatic hydroxyl groups is 1. The van der Waals surface area contributed by atoms with Crippen LogP contribution < -0.4 is 5.32 Å². The number of hydrogen-bond donors (Lipinski definition) is 2. The molecule has 0 aliphatic carbocycles. The maximum absolute atomic E-state index is 9.16. The predicted molar refractivity (Wildman–Crippen MR) is 75.8 cm³/mol. The SMILES string of the molecule is CC(O)CCNCc1cnn(Cc2ccccc2)c1. The second-order valence-electron chi connectivity index (χ2n) is 4.85. The van der Waals surface area contributed by atoms with Crippen molar-refractivity contribution in [3.63, 3.8) is 0 Å². The number of aliphatic hydroxyl groups excluding tert-OH is 1. The van der Waals surface area contributed by atoms with Gasteiger partial charge in [-0.05, 0) is 25.5 Å². The molecule has 0 aliphatic rings. The Morgan fingerprint density at radius 2 is 2.05 bits per heavy atom. The van der Waals surface area contributed by atoms with Crippen LogP contribution in [0.3, 0.4) is 0 Å². The van der Waals surface area contributed by atoms with E-state index in [4.69, 9.17) is 5.11 Å². The molecule has 0 spiro atoms. The van der Waals surface area contributed by atoms with Gasteiger partial charge in [0.05, 0.1) is 18.8 Å². The highest BCUT2D eigenvalue weighted by molar-refractivity contribution is 5.15. The van der Waals surface area contributed by atoms with Gasteiger partial charge >= 0.3 is 0 Å². The van der Waals surface area contributed by atoms with Crippen LogP contribution in [0.25, 0.3) is 0 Å². The number of aromatic nitrogens is 2. The second-order valence-corrected chi connectivity index (χ2v) is 4.85. The summed E-state index contributed by atoms with van der Waals surface area (Å²) in [6.45, 7) is 4.22. The maximum atomic E-state index is 9.16. The van der Waals surface area contributed by atoms with Crippen molar-refractivity contribution in [3.8, 4) is 0 Å². The fraction of sp³-hybridized carbons (Fsp3) is 0.400. The van der Waals surface area contributed by atoms with Gasteiger partial charge in [0.1, 0.15) is 0 Å². The van der Waals surface area contributed by atoms with Crippen LogP contribution in [0.4, 0.5) is 0 Å². The molecule has 2 rings (SSSR count). The Morgan fingerprint density at radius 1 is 1.26 bits per heavy atom. The highest BCUT2D eigenvalue weighted by Crippen LogP contribution is 2.03. The fourth-order valence-electron chi connectivity index (χ4n) is 1.90. The minimum Gasteiger partial charge on any atom is -0.393 e. The predicted octanol–water partition coefficient (Wildman–Crippen LogP) is 1.79. The summed E-state index contributed by atoms with van der Waals surface area (Å²) in [6.07, 6.45) is 4.48. The van der Waals surface area contributed by atoms with Crippen molar-refractivity contribution in [1.82, 2.24) is 15.1 Å². The van der Waals surface area contributed by atoms with Crippen LogP contribution in [0.15, 0.2) is 42.7 Å². The Morgan fingerprint density at radius 3 is 2.79 bits per heavy atom. The zero-order chi connectivity index (χ0) is 13.5. The second kappa shape index (κ2) is 7.07. The van der Waals surface area contributed by atoms with Gasteiger partial charge in [0, 0.05) is 18.3 Å². The summed E-state index contributed by atoms with van der Waals surface area (Å²) < 4.78 is 1.95.